The second-order valence-electron chi connectivity index (χ2n) is 3.07. The van der Waals surface area contributed by atoms with Gasteiger partial charge in [0.25, 0.3) is 0 Å². The summed E-state index contributed by atoms with van der Waals surface area (Å²) in [6.07, 6.45) is 1.32. The van der Waals surface area contributed by atoms with Crippen molar-refractivity contribution >= 4 is 0 Å². The zero-order chi connectivity index (χ0) is 5.61. The van der Waals surface area contributed by atoms with Crippen LogP contribution in [0.2, 0.25) is 0 Å². The van der Waals surface area contributed by atoms with E-state index in [1.165, 1.54) is 13.0 Å². The minimum absolute atomic E-state index is 0.472. The molecule has 8 heavy (non-hydrogen) atoms. The van der Waals surface area contributed by atoms with Crippen molar-refractivity contribution in [3.8, 4) is 0 Å². The maximum absolute atomic E-state index is 3.47. The van der Waals surface area contributed by atoms with Gasteiger partial charge in [-0.2, -0.15) is 0 Å². The van der Waals surface area contributed by atoms with Gasteiger partial charge in [-0.3, -0.25) is 0 Å². The molecule has 0 bridgehead atoms. The summed E-state index contributed by atoms with van der Waals surface area (Å²) in [6.45, 7) is 4.66. The third-order valence-corrected chi connectivity index (χ3v) is 2.45. The average Bonchev–Trinajstić information content (AvgIpc) is 1.94. The first-order valence-corrected chi connectivity index (χ1v) is 3.30. The topological polar surface area (TPSA) is 24.1 Å². The first-order chi connectivity index (χ1) is 3.81. The van der Waals surface area contributed by atoms with Crippen LogP contribution in [0.15, 0.2) is 0 Å². The fourth-order valence-electron chi connectivity index (χ4n) is 1.66. The van der Waals surface area contributed by atoms with Crippen molar-refractivity contribution in [1.29, 1.82) is 0 Å². The van der Waals surface area contributed by atoms with E-state index in [1.54, 1.807) is 0 Å². The summed E-state index contributed by atoms with van der Waals surface area (Å²) in [5, 5.41) is 6.86. The van der Waals surface area contributed by atoms with Crippen LogP contribution in [-0.2, 0) is 0 Å². The Morgan fingerprint density at radius 3 is 2.75 bits per heavy atom. The molecule has 0 aromatic carbocycles. The van der Waals surface area contributed by atoms with Crippen molar-refractivity contribution in [1.82, 2.24) is 10.6 Å². The van der Waals surface area contributed by atoms with E-state index in [0.29, 0.717) is 5.54 Å². The summed E-state index contributed by atoms with van der Waals surface area (Å²) in [4.78, 5) is 0. The fraction of sp³-hybridized carbons (Fsp3) is 1.00. The lowest BCUT2D eigenvalue weighted by molar-refractivity contribution is 0.209. The van der Waals surface area contributed by atoms with Crippen LogP contribution >= 0.6 is 0 Å². The Balaban J connectivity index is 2.14. The van der Waals surface area contributed by atoms with Gasteiger partial charge in [-0.05, 0) is 19.9 Å². The van der Waals surface area contributed by atoms with Gasteiger partial charge in [-0.15, -0.1) is 0 Å². The van der Waals surface area contributed by atoms with Crippen LogP contribution in [0.4, 0.5) is 0 Å². The predicted octanol–water partition coefficient (Wildman–Crippen LogP) is -0.290. The monoisotopic (exact) mass is 112 g/mol. The second kappa shape index (κ2) is 1.25. The van der Waals surface area contributed by atoms with Crippen molar-refractivity contribution in [2.45, 2.75) is 24.9 Å². The quantitative estimate of drug-likeness (QED) is 0.450. The summed E-state index contributed by atoms with van der Waals surface area (Å²) in [7, 11) is 0. The van der Waals surface area contributed by atoms with Crippen molar-refractivity contribution in [2.24, 2.45) is 0 Å². The fourth-order valence-corrected chi connectivity index (χ4v) is 1.66. The Hall–Kier alpha value is -0.0800. The van der Waals surface area contributed by atoms with Gasteiger partial charge >= 0.3 is 0 Å². The lowest BCUT2D eigenvalue weighted by atomic mass is 9.87. The first-order valence-electron chi connectivity index (χ1n) is 3.30. The molecule has 2 saturated heterocycles. The number of hydrogen-bond acceptors (Lipinski definition) is 2. The molecule has 2 nitrogen and oxygen atoms in total. The molecule has 2 heterocycles. The van der Waals surface area contributed by atoms with Crippen LogP contribution in [0.25, 0.3) is 0 Å². The third kappa shape index (κ3) is 0.400. The standard InChI is InChI=1S/C6H12N2/c1-6-4-7-5(6)2-3-8-6/h5,7-8H,2-4H2,1H3. The summed E-state index contributed by atoms with van der Waals surface area (Å²) >= 11 is 0. The first kappa shape index (κ1) is 4.77. The molecule has 0 radical (unpaired) electrons. The molecule has 2 aliphatic rings. The van der Waals surface area contributed by atoms with Crippen LogP contribution < -0.4 is 10.6 Å². The predicted molar refractivity (Wildman–Crippen MR) is 32.8 cm³/mol. The van der Waals surface area contributed by atoms with Gasteiger partial charge in [0, 0.05) is 18.1 Å². The van der Waals surface area contributed by atoms with Gasteiger partial charge in [-0.25, -0.2) is 0 Å². The Morgan fingerprint density at radius 2 is 2.50 bits per heavy atom. The van der Waals surface area contributed by atoms with Crippen LogP contribution in [0, 0.1) is 0 Å². The maximum atomic E-state index is 3.47. The molecule has 0 amide bonds. The lowest BCUT2D eigenvalue weighted by Crippen LogP contribution is -2.68. The molecule has 2 unspecified atom stereocenters. The second-order valence-corrected chi connectivity index (χ2v) is 3.07. The van der Waals surface area contributed by atoms with Gasteiger partial charge in [-0.1, -0.05) is 0 Å². The molecule has 2 N–H and O–H groups in total. The summed E-state index contributed by atoms with van der Waals surface area (Å²) in [5.74, 6) is 0. The zero-order valence-electron chi connectivity index (χ0n) is 5.20. The average molecular weight is 112 g/mol. The molecule has 2 atom stereocenters. The van der Waals surface area contributed by atoms with Gasteiger partial charge in [0.2, 0.25) is 0 Å². The molecule has 0 spiro atoms. The molecular formula is C6H12N2. The van der Waals surface area contributed by atoms with Crippen molar-refractivity contribution in [2.75, 3.05) is 13.1 Å². The van der Waals surface area contributed by atoms with Gasteiger partial charge in [0.05, 0.1) is 0 Å². The van der Waals surface area contributed by atoms with Crippen LogP contribution in [0.1, 0.15) is 13.3 Å². The summed E-state index contributed by atoms with van der Waals surface area (Å²) in [5.41, 5.74) is 0.472. The SMILES string of the molecule is CC12CNC1CCN2. The highest BCUT2D eigenvalue weighted by atomic mass is 15.2. The van der Waals surface area contributed by atoms with E-state index in [9.17, 15) is 0 Å². The Bertz CT molecular complexity index is 113. The van der Waals surface area contributed by atoms with Crippen LogP contribution in [-0.4, -0.2) is 24.7 Å². The van der Waals surface area contributed by atoms with E-state index in [1.807, 2.05) is 0 Å². The highest BCUT2D eigenvalue weighted by Crippen LogP contribution is 2.25. The molecule has 0 aliphatic carbocycles. The van der Waals surface area contributed by atoms with Gasteiger partial charge in [0.1, 0.15) is 0 Å². The summed E-state index contributed by atoms with van der Waals surface area (Å²) < 4.78 is 0. The number of nitrogens with one attached hydrogen (secondary N) is 2. The van der Waals surface area contributed by atoms with Crippen LogP contribution in [0.5, 0.6) is 0 Å². The zero-order valence-corrected chi connectivity index (χ0v) is 5.20. The maximum Gasteiger partial charge on any atom is 0.0433 e. The lowest BCUT2D eigenvalue weighted by Gasteiger charge is -2.42. The summed E-state index contributed by atoms with van der Waals surface area (Å²) in [6, 6.07) is 0.780. The van der Waals surface area contributed by atoms with Crippen molar-refractivity contribution in [3.05, 3.63) is 0 Å². The number of hydrogen-bond donors (Lipinski definition) is 2. The minimum Gasteiger partial charge on any atom is -0.310 e. The van der Waals surface area contributed by atoms with E-state index >= 15 is 0 Å². The largest absolute Gasteiger partial charge is 0.310 e. The van der Waals surface area contributed by atoms with Gasteiger partial charge < -0.3 is 10.6 Å². The van der Waals surface area contributed by atoms with Crippen LogP contribution in [0.3, 0.4) is 0 Å². The van der Waals surface area contributed by atoms with E-state index in [4.69, 9.17) is 0 Å². The normalized spacial score (nSPS) is 52.9. The minimum atomic E-state index is 0.472. The third-order valence-electron chi connectivity index (χ3n) is 2.45. The Morgan fingerprint density at radius 1 is 1.62 bits per heavy atom. The smallest absolute Gasteiger partial charge is 0.0433 e. The number of rotatable bonds is 0. The van der Waals surface area contributed by atoms with Gasteiger partial charge in [0.15, 0.2) is 0 Å². The highest BCUT2D eigenvalue weighted by molar-refractivity contribution is 5.10. The Labute approximate surface area is 49.7 Å². The van der Waals surface area contributed by atoms with Crippen molar-refractivity contribution < 1.29 is 0 Å². The molecule has 46 valence electrons. The molecule has 2 aliphatic heterocycles. The molecule has 2 fully saturated rings. The van der Waals surface area contributed by atoms with E-state index in [2.05, 4.69) is 17.6 Å². The molecule has 0 aromatic heterocycles. The Kier molecular flexibility index (Phi) is 0.746. The molecule has 0 saturated carbocycles. The highest BCUT2D eigenvalue weighted by Gasteiger charge is 2.45. The molecule has 2 rings (SSSR count). The molecule has 0 aromatic rings. The van der Waals surface area contributed by atoms with E-state index in [0.717, 1.165) is 12.6 Å². The van der Waals surface area contributed by atoms with E-state index < -0.39 is 0 Å². The van der Waals surface area contributed by atoms with Crippen molar-refractivity contribution in [3.63, 3.8) is 0 Å². The number of fused-ring (bicyclic) bond motifs is 1. The van der Waals surface area contributed by atoms with E-state index in [-0.39, 0.29) is 0 Å². The molecule has 2 heteroatoms. The molecular weight excluding hydrogens is 100 g/mol.